The average Bonchev–Trinajstić information content (AvgIpc) is 2.68. The molecular weight excluding hydrogens is 469 g/mol. The van der Waals surface area contributed by atoms with Gasteiger partial charge in [0.1, 0.15) is 18.1 Å². The summed E-state index contributed by atoms with van der Waals surface area (Å²) in [4.78, 5) is 11.8. The van der Waals surface area contributed by atoms with Crippen molar-refractivity contribution in [1.29, 1.82) is 0 Å². The molecular formula is C20H36IN5O2. The number of aliphatic imine (C=N–C) groups is 1. The molecule has 1 unspecified atom stereocenters. The lowest BCUT2D eigenvalue weighted by molar-refractivity contribution is 0.119. The maximum atomic E-state index is 5.84. The lowest BCUT2D eigenvalue weighted by Gasteiger charge is -2.37. The van der Waals surface area contributed by atoms with Gasteiger partial charge in [0.25, 0.3) is 0 Å². The molecule has 0 spiro atoms. The van der Waals surface area contributed by atoms with Gasteiger partial charge in [0.2, 0.25) is 0 Å². The number of likely N-dealkylation sites (N-methyl/N-ethyl adjacent to an activating group) is 3. The summed E-state index contributed by atoms with van der Waals surface area (Å²) in [6.45, 7) is 8.38. The van der Waals surface area contributed by atoms with Crippen molar-refractivity contribution in [2.24, 2.45) is 4.99 Å². The largest absolute Gasteiger partial charge is 0.497 e. The van der Waals surface area contributed by atoms with Gasteiger partial charge in [0.15, 0.2) is 5.96 Å². The maximum Gasteiger partial charge on any atom is 0.193 e. The molecule has 1 aliphatic rings. The molecule has 28 heavy (non-hydrogen) atoms. The first kappa shape index (κ1) is 24.8. The second kappa shape index (κ2) is 13.1. The number of nitrogens with one attached hydrogen (secondary N) is 1. The van der Waals surface area contributed by atoms with Gasteiger partial charge in [-0.15, -0.1) is 24.0 Å². The number of hydrogen-bond acceptors (Lipinski definition) is 5. The van der Waals surface area contributed by atoms with Crippen LogP contribution in [0.2, 0.25) is 0 Å². The molecule has 1 heterocycles. The summed E-state index contributed by atoms with van der Waals surface area (Å²) in [5.74, 6) is 2.61. The highest BCUT2D eigenvalue weighted by Crippen LogP contribution is 2.16. The third-order valence-corrected chi connectivity index (χ3v) is 4.88. The van der Waals surface area contributed by atoms with Crippen molar-refractivity contribution in [3.8, 4) is 11.5 Å². The molecule has 0 amide bonds. The molecule has 0 aromatic heterocycles. The van der Waals surface area contributed by atoms with Gasteiger partial charge in [0.05, 0.1) is 20.2 Å². The zero-order chi connectivity index (χ0) is 19.6. The first-order chi connectivity index (χ1) is 13.0. The zero-order valence-corrected chi connectivity index (χ0v) is 20.2. The minimum atomic E-state index is 0. The Morgan fingerprint density at radius 2 is 1.89 bits per heavy atom. The summed E-state index contributed by atoms with van der Waals surface area (Å²) in [5, 5.41) is 3.38. The monoisotopic (exact) mass is 505 g/mol. The molecule has 2 rings (SSSR count). The molecule has 1 N–H and O–H groups in total. The Bertz CT molecular complexity index is 584. The molecule has 0 aliphatic carbocycles. The van der Waals surface area contributed by atoms with Gasteiger partial charge in [-0.2, -0.15) is 0 Å². The topological polar surface area (TPSA) is 52.6 Å². The van der Waals surface area contributed by atoms with Crippen molar-refractivity contribution in [3.05, 3.63) is 24.3 Å². The molecule has 0 saturated carbocycles. The normalized spacial score (nSPS) is 18.3. The fourth-order valence-electron chi connectivity index (χ4n) is 3.04. The summed E-state index contributed by atoms with van der Waals surface area (Å²) in [5.41, 5.74) is 0. The fourth-order valence-corrected chi connectivity index (χ4v) is 3.04. The van der Waals surface area contributed by atoms with E-state index >= 15 is 0 Å². The van der Waals surface area contributed by atoms with Gasteiger partial charge >= 0.3 is 0 Å². The molecule has 1 aromatic carbocycles. The molecule has 1 saturated heterocycles. The van der Waals surface area contributed by atoms with Gasteiger partial charge in [-0.05, 0) is 45.3 Å². The van der Waals surface area contributed by atoms with Crippen molar-refractivity contribution in [1.82, 2.24) is 20.0 Å². The Balaban J connectivity index is 0.00000392. The van der Waals surface area contributed by atoms with Crippen molar-refractivity contribution < 1.29 is 9.47 Å². The SMILES string of the molecule is CCNC(=NCC1CN(C)CCN1C)N(C)CCOc1ccc(OC)cc1.I. The standard InChI is InChI=1S/C20H35N5O2.HI/c1-6-21-20(22-15-17-16-23(2)11-12-24(17)3)25(4)13-14-27-19-9-7-18(26-5)8-10-19;/h7-10,17H,6,11-16H2,1-5H3,(H,21,22);1H. The first-order valence-corrected chi connectivity index (χ1v) is 9.68. The van der Waals surface area contributed by atoms with E-state index in [1.807, 2.05) is 24.3 Å². The third kappa shape index (κ3) is 8.00. The Labute approximate surface area is 187 Å². The van der Waals surface area contributed by atoms with Crippen molar-refractivity contribution >= 4 is 29.9 Å². The van der Waals surface area contributed by atoms with Crippen LogP contribution in [0.4, 0.5) is 0 Å². The minimum absolute atomic E-state index is 0. The highest BCUT2D eigenvalue weighted by atomic mass is 127. The van der Waals surface area contributed by atoms with Crippen LogP contribution < -0.4 is 14.8 Å². The first-order valence-electron chi connectivity index (χ1n) is 9.68. The van der Waals surface area contributed by atoms with Gasteiger partial charge in [-0.3, -0.25) is 9.89 Å². The predicted octanol–water partition coefficient (Wildman–Crippen LogP) is 1.84. The second-order valence-electron chi connectivity index (χ2n) is 7.04. The Morgan fingerprint density at radius 1 is 1.21 bits per heavy atom. The van der Waals surface area contributed by atoms with Crippen LogP contribution in [0.1, 0.15) is 6.92 Å². The van der Waals surface area contributed by atoms with Crippen LogP contribution in [0.15, 0.2) is 29.3 Å². The highest BCUT2D eigenvalue weighted by Gasteiger charge is 2.22. The Kier molecular flexibility index (Phi) is 11.6. The number of rotatable bonds is 8. The molecule has 1 atom stereocenters. The Morgan fingerprint density at radius 3 is 2.54 bits per heavy atom. The smallest absolute Gasteiger partial charge is 0.193 e. The van der Waals surface area contributed by atoms with E-state index in [9.17, 15) is 0 Å². The number of halogens is 1. The van der Waals surface area contributed by atoms with E-state index in [1.54, 1.807) is 7.11 Å². The van der Waals surface area contributed by atoms with E-state index in [2.05, 4.69) is 48.1 Å². The van der Waals surface area contributed by atoms with Gasteiger partial charge < -0.3 is 24.6 Å². The molecule has 1 aromatic rings. The molecule has 0 radical (unpaired) electrons. The number of guanidine groups is 1. The van der Waals surface area contributed by atoms with Gasteiger partial charge in [-0.1, -0.05) is 0 Å². The van der Waals surface area contributed by atoms with E-state index < -0.39 is 0 Å². The summed E-state index contributed by atoms with van der Waals surface area (Å²) in [6.07, 6.45) is 0. The number of ether oxygens (including phenoxy) is 2. The third-order valence-electron chi connectivity index (χ3n) is 4.88. The molecule has 7 nitrogen and oxygen atoms in total. The summed E-state index contributed by atoms with van der Waals surface area (Å²) in [6, 6.07) is 8.12. The zero-order valence-electron chi connectivity index (χ0n) is 17.9. The van der Waals surface area contributed by atoms with Crippen molar-refractivity contribution in [3.63, 3.8) is 0 Å². The van der Waals surface area contributed by atoms with Crippen LogP contribution in [0.25, 0.3) is 0 Å². The molecule has 1 fully saturated rings. The second-order valence-corrected chi connectivity index (χ2v) is 7.04. The lowest BCUT2D eigenvalue weighted by Crippen LogP contribution is -2.51. The lowest BCUT2D eigenvalue weighted by atomic mass is 10.2. The minimum Gasteiger partial charge on any atom is -0.497 e. The van der Waals surface area contributed by atoms with Crippen LogP contribution in [0, 0.1) is 0 Å². The number of nitrogens with zero attached hydrogens (tertiary/aromatic N) is 4. The van der Waals surface area contributed by atoms with Crippen LogP contribution >= 0.6 is 24.0 Å². The quantitative estimate of drug-likeness (QED) is 0.331. The molecule has 160 valence electrons. The summed E-state index contributed by atoms with van der Waals surface area (Å²) in [7, 11) is 8.08. The van der Waals surface area contributed by atoms with Gasteiger partial charge in [-0.25, -0.2) is 0 Å². The molecule has 8 heteroatoms. The van der Waals surface area contributed by atoms with E-state index in [0.29, 0.717) is 12.6 Å². The van der Waals surface area contributed by atoms with Crippen LogP contribution in [0.3, 0.4) is 0 Å². The van der Waals surface area contributed by atoms with Crippen LogP contribution in [-0.4, -0.2) is 101 Å². The molecule has 0 bridgehead atoms. The predicted molar refractivity (Wildman–Crippen MR) is 126 cm³/mol. The van der Waals surface area contributed by atoms with Gasteiger partial charge in [0, 0.05) is 39.3 Å². The number of benzene rings is 1. The highest BCUT2D eigenvalue weighted by molar-refractivity contribution is 14.0. The summed E-state index contributed by atoms with van der Waals surface area (Å²) >= 11 is 0. The van der Waals surface area contributed by atoms with E-state index in [4.69, 9.17) is 14.5 Å². The van der Waals surface area contributed by atoms with Crippen LogP contribution in [-0.2, 0) is 0 Å². The van der Waals surface area contributed by atoms with E-state index in [-0.39, 0.29) is 24.0 Å². The number of piperazine rings is 1. The van der Waals surface area contributed by atoms with Crippen molar-refractivity contribution in [2.75, 3.05) is 74.1 Å². The van der Waals surface area contributed by atoms with E-state index in [0.717, 1.165) is 56.7 Å². The fraction of sp³-hybridized carbons (Fsp3) is 0.650. The van der Waals surface area contributed by atoms with Crippen LogP contribution in [0.5, 0.6) is 11.5 Å². The van der Waals surface area contributed by atoms with E-state index in [1.165, 1.54) is 0 Å². The Hall–Kier alpha value is -1.26. The summed E-state index contributed by atoms with van der Waals surface area (Å²) < 4.78 is 11.0. The molecule has 1 aliphatic heterocycles. The number of methoxy groups -OCH3 is 1. The maximum absolute atomic E-state index is 5.84. The number of hydrogen-bond donors (Lipinski definition) is 1. The average molecular weight is 505 g/mol. The van der Waals surface area contributed by atoms with Crippen molar-refractivity contribution in [2.45, 2.75) is 13.0 Å².